The third-order valence-corrected chi connectivity index (χ3v) is 4.98. The molecule has 7 nitrogen and oxygen atoms in total. The normalized spacial score (nSPS) is 11.7. The Labute approximate surface area is 180 Å². The van der Waals surface area contributed by atoms with Crippen LogP contribution in [0.5, 0.6) is 0 Å². The lowest BCUT2D eigenvalue weighted by Gasteiger charge is -2.12. The summed E-state index contributed by atoms with van der Waals surface area (Å²) >= 11 is 4.99. The van der Waals surface area contributed by atoms with Gasteiger partial charge in [0.1, 0.15) is 10.7 Å². The Balaban J connectivity index is 1.81. The van der Waals surface area contributed by atoms with Crippen LogP contribution in [-0.2, 0) is 7.05 Å². The van der Waals surface area contributed by atoms with Crippen LogP contribution in [0.15, 0.2) is 48.8 Å². The van der Waals surface area contributed by atoms with Gasteiger partial charge in [0.2, 0.25) is 0 Å². The van der Waals surface area contributed by atoms with Gasteiger partial charge in [-0.15, -0.1) is 0 Å². The van der Waals surface area contributed by atoms with Gasteiger partial charge in [-0.2, -0.15) is 23.4 Å². The molecule has 0 aliphatic carbocycles. The van der Waals surface area contributed by atoms with E-state index < -0.39 is 12.6 Å². The molecule has 0 aliphatic heterocycles. The quantitative estimate of drug-likeness (QED) is 0.439. The van der Waals surface area contributed by atoms with Crippen molar-refractivity contribution < 1.29 is 13.2 Å². The molecule has 31 heavy (non-hydrogen) atoms. The van der Waals surface area contributed by atoms with Crippen molar-refractivity contribution >= 4 is 28.5 Å². The largest absolute Gasteiger partial charge is 0.390 e. The molecule has 160 valence electrons. The number of hydrogen-bond acceptors (Lipinski definition) is 5. The van der Waals surface area contributed by atoms with Gasteiger partial charge in [0.15, 0.2) is 5.65 Å². The van der Waals surface area contributed by atoms with Crippen LogP contribution >= 0.6 is 12.2 Å². The third-order valence-electron chi connectivity index (χ3n) is 4.74. The molecule has 0 amide bonds. The summed E-state index contributed by atoms with van der Waals surface area (Å²) < 4.78 is 41.2. The molecule has 0 aliphatic rings. The maximum atomic E-state index is 12.6. The van der Waals surface area contributed by atoms with Crippen LogP contribution in [0.3, 0.4) is 0 Å². The Bertz CT molecular complexity index is 1240. The number of nitrogens with one attached hydrogen (secondary N) is 1. The van der Waals surface area contributed by atoms with Crippen molar-refractivity contribution in [1.82, 2.24) is 24.4 Å². The number of nitrogens with zero attached hydrogens (tertiary/aromatic N) is 5. The van der Waals surface area contributed by atoms with Crippen molar-refractivity contribution in [3.63, 3.8) is 0 Å². The Morgan fingerprint density at radius 3 is 2.52 bits per heavy atom. The minimum Gasteiger partial charge on any atom is -0.389 e. The Hall–Kier alpha value is -3.47. The SMILES string of the molecule is Cn1nccc1-c1cc(NCCC(F)(F)F)c2ncc(-c3ccc(C(N)=S)cc3)n2n1. The molecule has 3 heterocycles. The van der Waals surface area contributed by atoms with Crippen molar-refractivity contribution in [2.24, 2.45) is 12.8 Å². The summed E-state index contributed by atoms with van der Waals surface area (Å²) in [6, 6.07) is 10.7. The lowest BCUT2D eigenvalue weighted by atomic mass is 10.1. The third kappa shape index (κ3) is 4.36. The number of aryl methyl sites for hydroxylation is 1. The van der Waals surface area contributed by atoms with E-state index in [-0.39, 0.29) is 11.5 Å². The van der Waals surface area contributed by atoms with E-state index in [0.29, 0.717) is 28.4 Å². The van der Waals surface area contributed by atoms with Gasteiger partial charge >= 0.3 is 6.18 Å². The van der Waals surface area contributed by atoms with E-state index in [4.69, 9.17) is 18.0 Å². The highest BCUT2D eigenvalue weighted by Gasteiger charge is 2.26. The molecule has 0 unspecified atom stereocenters. The Morgan fingerprint density at radius 1 is 1.16 bits per heavy atom. The first kappa shape index (κ1) is 20.8. The average Bonchev–Trinajstić information content (AvgIpc) is 3.33. The molecule has 3 aromatic heterocycles. The summed E-state index contributed by atoms with van der Waals surface area (Å²) in [7, 11) is 1.77. The van der Waals surface area contributed by atoms with Crippen LogP contribution in [0, 0.1) is 0 Å². The fourth-order valence-corrected chi connectivity index (χ4v) is 3.33. The fourth-order valence-electron chi connectivity index (χ4n) is 3.19. The summed E-state index contributed by atoms with van der Waals surface area (Å²) in [6.07, 6.45) is -1.97. The van der Waals surface area contributed by atoms with Crippen LogP contribution in [0.2, 0.25) is 0 Å². The van der Waals surface area contributed by atoms with E-state index in [9.17, 15) is 13.2 Å². The first-order valence-electron chi connectivity index (χ1n) is 9.31. The highest BCUT2D eigenvalue weighted by molar-refractivity contribution is 7.80. The monoisotopic (exact) mass is 445 g/mol. The molecule has 4 aromatic rings. The zero-order valence-corrected chi connectivity index (χ0v) is 17.2. The summed E-state index contributed by atoms with van der Waals surface area (Å²) in [5.41, 5.74) is 9.99. The van der Waals surface area contributed by atoms with Gasteiger partial charge in [0.05, 0.1) is 29.7 Å². The molecule has 1 aromatic carbocycles. The van der Waals surface area contributed by atoms with E-state index in [0.717, 1.165) is 11.1 Å². The topological polar surface area (TPSA) is 86.1 Å². The number of aromatic nitrogens is 5. The molecular formula is C20H18F3N7S. The number of halogens is 3. The maximum Gasteiger partial charge on any atom is 0.390 e. The average molecular weight is 445 g/mol. The summed E-state index contributed by atoms with van der Waals surface area (Å²) in [5, 5.41) is 11.7. The number of benzene rings is 1. The number of hydrogen-bond donors (Lipinski definition) is 2. The number of imidazole rings is 1. The van der Waals surface area contributed by atoms with Crippen LogP contribution in [0.1, 0.15) is 12.0 Å². The number of nitrogens with two attached hydrogens (primary N) is 1. The van der Waals surface area contributed by atoms with E-state index >= 15 is 0 Å². The van der Waals surface area contributed by atoms with E-state index in [2.05, 4.69) is 20.5 Å². The van der Waals surface area contributed by atoms with Crippen molar-refractivity contribution in [1.29, 1.82) is 0 Å². The molecule has 0 spiro atoms. The predicted octanol–water partition coefficient (Wildman–Crippen LogP) is 3.80. The minimum absolute atomic E-state index is 0.279. The van der Waals surface area contributed by atoms with E-state index in [1.54, 1.807) is 52.9 Å². The number of fused-ring (bicyclic) bond motifs is 1. The minimum atomic E-state index is -4.26. The molecule has 0 fully saturated rings. The Kier molecular flexibility index (Phi) is 5.36. The zero-order valence-electron chi connectivity index (χ0n) is 16.4. The number of thiocarbonyl (C=S) groups is 1. The second-order valence-corrected chi connectivity index (χ2v) is 7.34. The van der Waals surface area contributed by atoms with Gasteiger partial charge in [0.25, 0.3) is 0 Å². The van der Waals surface area contributed by atoms with Gasteiger partial charge in [-0.3, -0.25) is 4.68 Å². The highest BCUT2D eigenvalue weighted by atomic mass is 32.1. The van der Waals surface area contributed by atoms with Crippen LogP contribution in [0.25, 0.3) is 28.3 Å². The van der Waals surface area contributed by atoms with Crippen LogP contribution < -0.4 is 11.1 Å². The van der Waals surface area contributed by atoms with E-state index in [1.165, 1.54) is 0 Å². The number of anilines is 1. The van der Waals surface area contributed by atoms with Crippen molar-refractivity contribution in [2.45, 2.75) is 12.6 Å². The molecule has 0 bridgehead atoms. The van der Waals surface area contributed by atoms with E-state index in [1.807, 2.05) is 12.1 Å². The van der Waals surface area contributed by atoms with Gasteiger partial charge in [0, 0.05) is 30.9 Å². The van der Waals surface area contributed by atoms with Crippen molar-refractivity contribution in [3.8, 4) is 22.6 Å². The molecule has 11 heteroatoms. The van der Waals surface area contributed by atoms with Gasteiger partial charge < -0.3 is 11.1 Å². The van der Waals surface area contributed by atoms with Crippen molar-refractivity contribution in [3.05, 3.63) is 54.4 Å². The number of alkyl halides is 3. The fraction of sp³-hybridized carbons (Fsp3) is 0.200. The maximum absolute atomic E-state index is 12.6. The Morgan fingerprint density at radius 2 is 1.90 bits per heavy atom. The predicted molar refractivity (Wildman–Crippen MR) is 116 cm³/mol. The van der Waals surface area contributed by atoms with Crippen LogP contribution in [0.4, 0.5) is 18.9 Å². The molecule has 0 atom stereocenters. The molecule has 0 saturated heterocycles. The van der Waals surface area contributed by atoms with Gasteiger partial charge in [-0.1, -0.05) is 36.5 Å². The summed E-state index contributed by atoms with van der Waals surface area (Å²) in [4.78, 5) is 4.69. The number of rotatable bonds is 6. The molecule has 3 N–H and O–H groups in total. The second kappa shape index (κ2) is 7.99. The lowest BCUT2D eigenvalue weighted by Crippen LogP contribution is -2.15. The zero-order chi connectivity index (χ0) is 22.2. The molecule has 0 radical (unpaired) electrons. The molecular weight excluding hydrogens is 427 g/mol. The first-order valence-corrected chi connectivity index (χ1v) is 9.72. The first-order chi connectivity index (χ1) is 14.7. The van der Waals surface area contributed by atoms with Gasteiger partial charge in [-0.05, 0) is 12.1 Å². The molecule has 0 saturated carbocycles. The van der Waals surface area contributed by atoms with Crippen LogP contribution in [-0.4, -0.2) is 42.1 Å². The van der Waals surface area contributed by atoms with Crippen molar-refractivity contribution in [2.75, 3.05) is 11.9 Å². The lowest BCUT2D eigenvalue weighted by molar-refractivity contribution is -0.131. The second-order valence-electron chi connectivity index (χ2n) is 6.90. The highest BCUT2D eigenvalue weighted by Crippen LogP contribution is 2.29. The standard InChI is InChI=1S/C20H18F3N7S/c1-29-16(6-8-27-29)14-10-15(25-9-7-20(21,22)23)19-26-11-17(30(19)28-14)12-2-4-13(5-3-12)18(24)31/h2-6,8,10-11,25H,7,9H2,1H3,(H2,24,31). The summed E-state index contributed by atoms with van der Waals surface area (Å²) in [5.74, 6) is 0. The smallest absolute Gasteiger partial charge is 0.389 e. The molecule has 4 rings (SSSR count). The summed E-state index contributed by atoms with van der Waals surface area (Å²) in [6.45, 7) is -0.279. The van der Waals surface area contributed by atoms with Gasteiger partial charge in [-0.25, -0.2) is 9.50 Å².